The van der Waals surface area contributed by atoms with Crippen LogP contribution in [0.5, 0.6) is 5.75 Å². The van der Waals surface area contributed by atoms with Gasteiger partial charge in [-0.25, -0.2) is 0 Å². The van der Waals surface area contributed by atoms with Crippen molar-refractivity contribution in [1.29, 1.82) is 0 Å². The van der Waals surface area contributed by atoms with Crippen molar-refractivity contribution in [2.45, 2.75) is 45.4 Å². The maximum absolute atomic E-state index is 5.99. The monoisotopic (exact) mass is 274 g/mol. The molecular weight excluding hydrogens is 248 g/mol. The van der Waals surface area contributed by atoms with Crippen LogP contribution >= 0.6 is 0 Å². The first-order chi connectivity index (χ1) is 9.41. The van der Waals surface area contributed by atoms with E-state index in [0.29, 0.717) is 11.6 Å². The van der Waals surface area contributed by atoms with Gasteiger partial charge in [-0.15, -0.1) is 0 Å². The molecule has 0 radical (unpaired) electrons. The summed E-state index contributed by atoms with van der Waals surface area (Å²) in [5, 5.41) is 0. The Morgan fingerprint density at radius 1 is 1.00 bits per heavy atom. The van der Waals surface area contributed by atoms with Gasteiger partial charge in [-0.3, -0.25) is 9.80 Å². The molecule has 0 unspecified atom stereocenters. The molecule has 0 atom stereocenters. The molecule has 0 aliphatic carbocycles. The predicted octanol–water partition coefficient (Wildman–Crippen LogP) is 2.54. The van der Waals surface area contributed by atoms with Crippen LogP contribution in [0.1, 0.15) is 26.3 Å². The van der Waals surface area contributed by atoms with E-state index in [1.807, 2.05) is 0 Å². The zero-order valence-electron chi connectivity index (χ0n) is 13.1. The van der Waals surface area contributed by atoms with Gasteiger partial charge in [0.25, 0.3) is 0 Å². The lowest BCUT2D eigenvalue weighted by Gasteiger charge is -2.55. The number of ether oxygens (including phenoxy) is 1. The molecule has 0 saturated carbocycles. The van der Waals surface area contributed by atoms with Crippen molar-refractivity contribution in [1.82, 2.24) is 9.80 Å². The number of hydrogen-bond donors (Lipinski definition) is 0. The van der Waals surface area contributed by atoms with Crippen LogP contribution in [0.4, 0.5) is 0 Å². The lowest BCUT2D eigenvalue weighted by Crippen LogP contribution is -2.70. The SMILES string of the molecule is Cc1ccc(OC2CN(C3CN(C(C)(C)C)C3)C2)cc1. The molecule has 1 aromatic rings. The minimum Gasteiger partial charge on any atom is -0.488 e. The first-order valence-corrected chi connectivity index (χ1v) is 7.64. The molecular formula is C17H26N2O. The number of hydrogen-bond acceptors (Lipinski definition) is 3. The summed E-state index contributed by atoms with van der Waals surface area (Å²) < 4.78 is 5.99. The highest BCUT2D eigenvalue weighted by atomic mass is 16.5. The molecule has 20 heavy (non-hydrogen) atoms. The second-order valence-corrected chi connectivity index (χ2v) is 7.24. The average molecular weight is 274 g/mol. The van der Waals surface area contributed by atoms with Crippen molar-refractivity contribution in [3.8, 4) is 5.75 Å². The minimum absolute atomic E-state index is 0.319. The van der Waals surface area contributed by atoms with Crippen LogP contribution in [0.25, 0.3) is 0 Å². The van der Waals surface area contributed by atoms with E-state index in [-0.39, 0.29) is 0 Å². The Balaban J connectivity index is 1.41. The second-order valence-electron chi connectivity index (χ2n) is 7.24. The molecule has 2 aliphatic heterocycles. The van der Waals surface area contributed by atoms with Crippen LogP contribution in [0.15, 0.2) is 24.3 Å². The van der Waals surface area contributed by atoms with E-state index in [1.165, 1.54) is 18.7 Å². The third-order valence-corrected chi connectivity index (χ3v) is 4.53. The summed E-state index contributed by atoms with van der Waals surface area (Å²) in [5.41, 5.74) is 1.60. The molecule has 2 aliphatic rings. The molecule has 3 nitrogen and oxygen atoms in total. The fourth-order valence-corrected chi connectivity index (χ4v) is 2.89. The highest BCUT2D eigenvalue weighted by Gasteiger charge is 2.42. The van der Waals surface area contributed by atoms with Crippen LogP contribution in [-0.2, 0) is 0 Å². The highest BCUT2D eigenvalue weighted by molar-refractivity contribution is 5.26. The van der Waals surface area contributed by atoms with Gasteiger partial charge in [0.05, 0.1) is 0 Å². The second kappa shape index (κ2) is 5.05. The third kappa shape index (κ3) is 2.84. The van der Waals surface area contributed by atoms with Gasteiger partial charge in [-0.2, -0.15) is 0 Å². The molecule has 2 fully saturated rings. The Morgan fingerprint density at radius 2 is 1.60 bits per heavy atom. The Kier molecular flexibility index (Phi) is 3.51. The number of rotatable bonds is 3. The average Bonchev–Trinajstić information content (AvgIpc) is 2.24. The smallest absolute Gasteiger partial charge is 0.124 e. The summed E-state index contributed by atoms with van der Waals surface area (Å²) in [6, 6.07) is 9.11. The zero-order valence-corrected chi connectivity index (χ0v) is 13.1. The van der Waals surface area contributed by atoms with Crippen molar-refractivity contribution in [2.24, 2.45) is 0 Å². The van der Waals surface area contributed by atoms with Crippen molar-refractivity contribution in [3.05, 3.63) is 29.8 Å². The van der Waals surface area contributed by atoms with Gasteiger partial charge < -0.3 is 4.74 Å². The Hall–Kier alpha value is -1.06. The lowest BCUT2D eigenvalue weighted by atomic mass is 9.94. The largest absolute Gasteiger partial charge is 0.488 e. The first-order valence-electron chi connectivity index (χ1n) is 7.64. The normalized spacial score (nSPS) is 22.4. The fourth-order valence-electron chi connectivity index (χ4n) is 2.89. The fraction of sp³-hybridized carbons (Fsp3) is 0.647. The van der Waals surface area contributed by atoms with Crippen LogP contribution in [-0.4, -0.2) is 53.7 Å². The van der Waals surface area contributed by atoms with Crippen LogP contribution in [0.2, 0.25) is 0 Å². The van der Waals surface area contributed by atoms with E-state index in [9.17, 15) is 0 Å². The van der Waals surface area contributed by atoms with E-state index >= 15 is 0 Å². The number of nitrogens with zero attached hydrogens (tertiary/aromatic N) is 2. The third-order valence-electron chi connectivity index (χ3n) is 4.53. The van der Waals surface area contributed by atoms with Crippen molar-refractivity contribution in [2.75, 3.05) is 26.2 Å². The molecule has 2 saturated heterocycles. The summed E-state index contributed by atoms with van der Waals surface area (Å²) >= 11 is 0. The molecule has 0 N–H and O–H groups in total. The first kappa shape index (κ1) is 13.9. The van der Waals surface area contributed by atoms with Gasteiger partial charge in [-0.05, 0) is 39.8 Å². The van der Waals surface area contributed by atoms with Gasteiger partial charge in [0.2, 0.25) is 0 Å². The van der Waals surface area contributed by atoms with Crippen LogP contribution in [0.3, 0.4) is 0 Å². The number of benzene rings is 1. The zero-order chi connectivity index (χ0) is 14.3. The summed E-state index contributed by atoms with van der Waals surface area (Å²) in [7, 11) is 0. The van der Waals surface area contributed by atoms with E-state index < -0.39 is 0 Å². The Bertz CT molecular complexity index is 451. The summed E-state index contributed by atoms with van der Waals surface area (Å²) in [4.78, 5) is 5.10. The van der Waals surface area contributed by atoms with Gasteiger partial charge in [0.1, 0.15) is 11.9 Å². The lowest BCUT2D eigenvalue weighted by molar-refractivity contribution is -0.0838. The minimum atomic E-state index is 0.319. The van der Waals surface area contributed by atoms with E-state index in [0.717, 1.165) is 24.9 Å². The topological polar surface area (TPSA) is 15.7 Å². The molecule has 0 amide bonds. The maximum atomic E-state index is 5.99. The molecule has 0 spiro atoms. The summed E-state index contributed by atoms with van der Waals surface area (Å²) in [5.74, 6) is 1.00. The van der Waals surface area contributed by atoms with Gasteiger partial charge in [0, 0.05) is 37.8 Å². The molecule has 0 bridgehead atoms. The predicted molar refractivity (Wildman–Crippen MR) is 82.3 cm³/mol. The summed E-state index contributed by atoms with van der Waals surface area (Å²) in [6.45, 7) is 13.6. The molecule has 1 aromatic carbocycles. The van der Waals surface area contributed by atoms with Crippen molar-refractivity contribution in [3.63, 3.8) is 0 Å². The van der Waals surface area contributed by atoms with Gasteiger partial charge in [-0.1, -0.05) is 17.7 Å². The maximum Gasteiger partial charge on any atom is 0.124 e. The molecule has 0 aromatic heterocycles. The molecule has 3 rings (SSSR count). The molecule has 3 heteroatoms. The Morgan fingerprint density at radius 3 is 2.15 bits per heavy atom. The van der Waals surface area contributed by atoms with Gasteiger partial charge in [0.15, 0.2) is 0 Å². The number of aryl methyl sites for hydroxylation is 1. The van der Waals surface area contributed by atoms with E-state index in [2.05, 4.69) is 61.8 Å². The number of likely N-dealkylation sites (tertiary alicyclic amines) is 2. The van der Waals surface area contributed by atoms with Crippen LogP contribution < -0.4 is 4.74 Å². The van der Waals surface area contributed by atoms with E-state index in [4.69, 9.17) is 4.74 Å². The highest BCUT2D eigenvalue weighted by Crippen LogP contribution is 2.28. The van der Waals surface area contributed by atoms with Crippen LogP contribution in [0, 0.1) is 6.92 Å². The molecule has 110 valence electrons. The standard InChI is InChI=1S/C17H26N2O/c1-13-5-7-15(8-6-13)20-16-11-18(12-16)14-9-19(10-14)17(2,3)4/h5-8,14,16H,9-12H2,1-4H3. The van der Waals surface area contributed by atoms with Crippen molar-refractivity contribution >= 4 is 0 Å². The molecule has 2 heterocycles. The van der Waals surface area contributed by atoms with Gasteiger partial charge >= 0.3 is 0 Å². The van der Waals surface area contributed by atoms with Crippen molar-refractivity contribution < 1.29 is 4.74 Å². The van der Waals surface area contributed by atoms with E-state index in [1.54, 1.807) is 0 Å². The summed E-state index contributed by atoms with van der Waals surface area (Å²) in [6.07, 6.45) is 0.376. The Labute approximate surface area is 122 Å². The quantitative estimate of drug-likeness (QED) is 0.842.